The number of nitriles is 1. The maximum atomic E-state index is 14.5. The van der Waals surface area contributed by atoms with Crippen molar-refractivity contribution in [2.75, 3.05) is 13.1 Å². The summed E-state index contributed by atoms with van der Waals surface area (Å²) in [7, 11) is 0. The summed E-state index contributed by atoms with van der Waals surface area (Å²) in [4.78, 5) is 34.1. The molecule has 1 fully saturated rings. The molecule has 2 atom stereocenters. The van der Waals surface area contributed by atoms with Gasteiger partial charge in [0.1, 0.15) is 11.6 Å². The molecule has 1 heterocycles. The van der Waals surface area contributed by atoms with E-state index in [-0.39, 0.29) is 11.9 Å². The molecule has 0 aliphatic carbocycles. The highest BCUT2D eigenvalue weighted by atomic mass is 16.6. The van der Waals surface area contributed by atoms with Gasteiger partial charge in [-0.25, -0.2) is 4.79 Å². The van der Waals surface area contributed by atoms with Gasteiger partial charge in [-0.15, -0.1) is 0 Å². The minimum Gasteiger partial charge on any atom is -0.444 e. The highest BCUT2D eigenvalue weighted by Crippen LogP contribution is 2.27. The van der Waals surface area contributed by atoms with Gasteiger partial charge < -0.3 is 9.64 Å². The van der Waals surface area contributed by atoms with Crippen molar-refractivity contribution in [1.29, 1.82) is 5.26 Å². The minimum absolute atomic E-state index is 0.0823. The zero-order valence-corrected chi connectivity index (χ0v) is 27.6. The Bertz CT molecular complexity index is 1610. The van der Waals surface area contributed by atoms with Crippen LogP contribution >= 0.6 is 0 Å². The second-order valence-corrected chi connectivity index (χ2v) is 13.2. The van der Waals surface area contributed by atoms with E-state index in [2.05, 4.69) is 35.2 Å². The van der Waals surface area contributed by atoms with Crippen LogP contribution in [0.4, 0.5) is 4.79 Å². The molecule has 2 amide bonds. The fourth-order valence-electron chi connectivity index (χ4n) is 6.18. The molecule has 7 nitrogen and oxygen atoms in total. The van der Waals surface area contributed by atoms with Crippen molar-refractivity contribution in [2.24, 2.45) is 0 Å². The van der Waals surface area contributed by atoms with Crippen LogP contribution in [0.5, 0.6) is 0 Å². The zero-order chi connectivity index (χ0) is 33.2. The second-order valence-electron chi connectivity index (χ2n) is 13.2. The average molecular weight is 629 g/mol. The molecule has 0 bridgehead atoms. The predicted molar refractivity (Wildman–Crippen MR) is 184 cm³/mol. The molecular formula is C40H44N4O3. The summed E-state index contributed by atoms with van der Waals surface area (Å²) in [5.41, 5.74) is 4.26. The van der Waals surface area contributed by atoms with Crippen LogP contribution in [0.15, 0.2) is 115 Å². The average Bonchev–Trinajstić information content (AvgIpc) is 3.06. The number of carbonyl (C=O) groups is 2. The Labute approximate surface area is 279 Å². The van der Waals surface area contributed by atoms with E-state index in [4.69, 9.17) is 4.74 Å². The lowest BCUT2D eigenvalue weighted by Crippen LogP contribution is -2.60. The van der Waals surface area contributed by atoms with Gasteiger partial charge >= 0.3 is 6.09 Å². The quantitative estimate of drug-likeness (QED) is 0.175. The lowest BCUT2D eigenvalue weighted by molar-refractivity contribution is -0.143. The molecule has 5 rings (SSSR count). The molecule has 0 spiro atoms. The number of amides is 2. The number of piperazine rings is 1. The maximum absolute atomic E-state index is 14.5. The summed E-state index contributed by atoms with van der Waals surface area (Å²) >= 11 is 0. The molecule has 1 aliphatic heterocycles. The van der Waals surface area contributed by atoms with Gasteiger partial charge in [-0.05, 0) is 68.0 Å². The van der Waals surface area contributed by atoms with Gasteiger partial charge in [0.2, 0.25) is 5.91 Å². The Morgan fingerprint density at radius 2 is 1.38 bits per heavy atom. The topological polar surface area (TPSA) is 76.9 Å². The van der Waals surface area contributed by atoms with Crippen LogP contribution in [0.25, 0.3) is 0 Å². The van der Waals surface area contributed by atoms with Gasteiger partial charge in [-0.3, -0.25) is 14.6 Å². The Morgan fingerprint density at radius 1 is 0.830 bits per heavy atom. The van der Waals surface area contributed by atoms with Crippen molar-refractivity contribution in [3.05, 3.63) is 143 Å². The first-order chi connectivity index (χ1) is 22.7. The second kappa shape index (κ2) is 15.6. The molecule has 0 unspecified atom stereocenters. The van der Waals surface area contributed by atoms with Crippen LogP contribution in [0.3, 0.4) is 0 Å². The third-order valence-corrected chi connectivity index (χ3v) is 8.42. The van der Waals surface area contributed by atoms with Crippen molar-refractivity contribution in [3.63, 3.8) is 0 Å². The first-order valence-corrected chi connectivity index (χ1v) is 16.3. The number of rotatable bonds is 11. The summed E-state index contributed by atoms with van der Waals surface area (Å²) in [5, 5.41) is 9.66. The van der Waals surface area contributed by atoms with E-state index in [1.165, 1.54) is 0 Å². The lowest BCUT2D eigenvalue weighted by Gasteiger charge is -2.43. The van der Waals surface area contributed by atoms with E-state index in [1.807, 2.05) is 111 Å². The first kappa shape index (κ1) is 33.4. The van der Waals surface area contributed by atoms with Gasteiger partial charge in [-0.1, -0.05) is 103 Å². The number of benzene rings is 4. The molecule has 47 heavy (non-hydrogen) atoms. The molecule has 1 saturated heterocycles. The standard InChI is InChI=1S/C40H44N4O3/c1-40(2,3)47-39(46)44-23-22-42(28-31-14-7-4-8-15-31)38(45)37(44)26-36(25-34-20-13-21-35(24-34)27-41)43(29-32-16-9-5-10-17-32)30-33-18-11-6-12-19-33/h4-21,24,36-37H,22-23,25-26,28-30H2,1-3H3/t36-,37-/m0/s1. The number of ether oxygens (including phenoxy) is 1. The molecule has 0 N–H and O–H groups in total. The fourth-order valence-corrected chi connectivity index (χ4v) is 6.18. The van der Waals surface area contributed by atoms with E-state index >= 15 is 0 Å². The third kappa shape index (κ3) is 9.54. The highest BCUT2D eigenvalue weighted by Gasteiger charge is 2.41. The van der Waals surface area contributed by atoms with Gasteiger partial charge in [-0.2, -0.15) is 5.26 Å². The smallest absolute Gasteiger partial charge is 0.411 e. The molecule has 1 aliphatic rings. The molecule has 4 aromatic carbocycles. The Balaban J connectivity index is 1.53. The van der Waals surface area contributed by atoms with Gasteiger partial charge in [0.15, 0.2) is 0 Å². The normalized spacial score (nSPS) is 15.7. The van der Waals surface area contributed by atoms with Gasteiger partial charge in [0.25, 0.3) is 0 Å². The summed E-state index contributed by atoms with van der Waals surface area (Å²) in [6.07, 6.45) is 0.526. The van der Waals surface area contributed by atoms with Crippen molar-refractivity contribution < 1.29 is 14.3 Å². The molecule has 0 saturated carbocycles. The van der Waals surface area contributed by atoms with E-state index in [0.717, 1.165) is 22.3 Å². The van der Waals surface area contributed by atoms with Crippen LogP contribution in [-0.4, -0.2) is 57.5 Å². The number of hydrogen-bond acceptors (Lipinski definition) is 5. The molecule has 7 heteroatoms. The van der Waals surface area contributed by atoms with Crippen molar-refractivity contribution in [2.45, 2.75) is 70.9 Å². The van der Waals surface area contributed by atoms with Crippen LogP contribution < -0.4 is 0 Å². The summed E-state index contributed by atoms with van der Waals surface area (Å²) in [5.74, 6) is -0.0823. The zero-order valence-electron chi connectivity index (χ0n) is 27.6. The monoisotopic (exact) mass is 628 g/mol. The SMILES string of the molecule is CC(C)(C)OC(=O)N1CCN(Cc2ccccc2)C(=O)[C@@H]1C[C@H](Cc1cccc(C#N)c1)N(Cc1ccccc1)Cc1ccccc1. The van der Waals surface area contributed by atoms with E-state index in [9.17, 15) is 14.9 Å². The molecular weight excluding hydrogens is 584 g/mol. The maximum Gasteiger partial charge on any atom is 0.411 e. The Morgan fingerprint density at radius 3 is 1.94 bits per heavy atom. The summed E-state index contributed by atoms with van der Waals surface area (Å²) in [6.45, 7) is 8.13. The first-order valence-electron chi connectivity index (χ1n) is 16.3. The predicted octanol–water partition coefficient (Wildman–Crippen LogP) is 7.21. The van der Waals surface area contributed by atoms with Crippen LogP contribution in [-0.2, 0) is 35.6 Å². The highest BCUT2D eigenvalue weighted by molar-refractivity contribution is 5.87. The third-order valence-electron chi connectivity index (χ3n) is 8.42. The Hall–Kier alpha value is -4.93. The van der Waals surface area contributed by atoms with Crippen molar-refractivity contribution in [3.8, 4) is 6.07 Å². The molecule has 0 radical (unpaired) electrons. The molecule has 4 aromatic rings. The summed E-state index contributed by atoms with van der Waals surface area (Å²) in [6, 6.07) is 39.7. The van der Waals surface area contributed by atoms with Crippen LogP contribution in [0, 0.1) is 11.3 Å². The molecule has 0 aromatic heterocycles. The number of hydrogen-bond donors (Lipinski definition) is 0. The number of nitrogens with zero attached hydrogens (tertiary/aromatic N) is 4. The van der Waals surface area contributed by atoms with Crippen LogP contribution in [0.2, 0.25) is 0 Å². The van der Waals surface area contributed by atoms with Crippen molar-refractivity contribution in [1.82, 2.24) is 14.7 Å². The van der Waals surface area contributed by atoms with Crippen molar-refractivity contribution >= 4 is 12.0 Å². The van der Waals surface area contributed by atoms with E-state index in [0.29, 0.717) is 51.1 Å². The number of carbonyl (C=O) groups excluding carboxylic acids is 2. The van der Waals surface area contributed by atoms with E-state index < -0.39 is 17.7 Å². The Kier molecular flexibility index (Phi) is 11.1. The largest absolute Gasteiger partial charge is 0.444 e. The van der Waals surface area contributed by atoms with Gasteiger partial charge in [0, 0.05) is 38.8 Å². The minimum atomic E-state index is -0.722. The van der Waals surface area contributed by atoms with E-state index in [1.54, 1.807) is 11.0 Å². The molecule has 242 valence electrons. The summed E-state index contributed by atoms with van der Waals surface area (Å²) < 4.78 is 5.86. The van der Waals surface area contributed by atoms with Gasteiger partial charge in [0.05, 0.1) is 11.6 Å². The van der Waals surface area contributed by atoms with Crippen LogP contribution in [0.1, 0.15) is 55.0 Å². The lowest BCUT2D eigenvalue weighted by atomic mass is 9.93. The fraction of sp³-hybridized carbons (Fsp3) is 0.325.